The molecule has 0 fully saturated rings. The molecule has 2 aromatic carbocycles. The van der Waals surface area contributed by atoms with Gasteiger partial charge in [-0.3, -0.25) is 4.79 Å². The lowest BCUT2D eigenvalue weighted by molar-refractivity contribution is -0.130. The van der Waals surface area contributed by atoms with Crippen LogP contribution in [-0.4, -0.2) is 25.0 Å². The molecule has 0 heterocycles. The van der Waals surface area contributed by atoms with Crippen LogP contribution in [0.3, 0.4) is 0 Å². The maximum Gasteiger partial charge on any atom is 0.222 e. The number of hydrogen-bond donors (Lipinski definition) is 0. The van der Waals surface area contributed by atoms with Gasteiger partial charge in [0.1, 0.15) is 11.6 Å². The Hall–Kier alpha value is -2.36. The largest absolute Gasteiger partial charge is 0.496 e. The SMILES string of the molecule is COc1ccccc1CCC(=O)N(C)Cc1ccc(F)cc1. The van der Waals surface area contributed by atoms with Gasteiger partial charge in [-0.25, -0.2) is 4.39 Å². The van der Waals surface area contributed by atoms with Crippen LogP contribution in [0.1, 0.15) is 17.5 Å². The van der Waals surface area contributed by atoms with Gasteiger partial charge in [-0.15, -0.1) is 0 Å². The van der Waals surface area contributed by atoms with Crippen LogP contribution in [-0.2, 0) is 17.8 Å². The first-order valence-corrected chi connectivity index (χ1v) is 7.20. The lowest BCUT2D eigenvalue weighted by atomic mass is 10.1. The number of halogens is 1. The lowest BCUT2D eigenvalue weighted by Crippen LogP contribution is -2.26. The van der Waals surface area contributed by atoms with Crippen molar-refractivity contribution in [1.29, 1.82) is 0 Å². The Kier molecular flexibility index (Phi) is 5.53. The number of amides is 1. The molecule has 2 rings (SSSR count). The number of benzene rings is 2. The molecule has 0 aliphatic carbocycles. The summed E-state index contributed by atoms with van der Waals surface area (Å²) in [6, 6.07) is 13.9. The summed E-state index contributed by atoms with van der Waals surface area (Å²) in [5.74, 6) is 0.584. The van der Waals surface area contributed by atoms with Gasteiger partial charge in [0, 0.05) is 20.0 Å². The van der Waals surface area contributed by atoms with Crippen LogP contribution >= 0.6 is 0 Å². The second kappa shape index (κ2) is 7.59. The van der Waals surface area contributed by atoms with Crippen molar-refractivity contribution in [2.75, 3.05) is 14.2 Å². The van der Waals surface area contributed by atoms with E-state index in [9.17, 15) is 9.18 Å². The van der Waals surface area contributed by atoms with Crippen molar-refractivity contribution in [2.45, 2.75) is 19.4 Å². The molecule has 4 heteroatoms. The molecule has 22 heavy (non-hydrogen) atoms. The van der Waals surface area contributed by atoms with Crippen molar-refractivity contribution in [2.24, 2.45) is 0 Å². The summed E-state index contributed by atoms with van der Waals surface area (Å²) in [5, 5.41) is 0. The first-order chi connectivity index (χ1) is 10.6. The summed E-state index contributed by atoms with van der Waals surface area (Å²) < 4.78 is 18.2. The highest BCUT2D eigenvalue weighted by atomic mass is 19.1. The van der Waals surface area contributed by atoms with Gasteiger partial charge in [-0.05, 0) is 35.7 Å². The predicted octanol–water partition coefficient (Wildman–Crippen LogP) is 3.43. The normalized spacial score (nSPS) is 10.3. The van der Waals surface area contributed by atoms with Crippen molar-refractivity contribution >= 4 is 5.91 Å². The molecule has 0 aliphatic rings. The molecular formula is C18H20FNO2. The summed E-state index contributed by atoms with van der Waals surface area (Å²) in [5.41, 5.74) is 1.93. The zero-order chi connectivity index (χ0) is 15.9. The van der Waals surface area contributed by atoms with Gasteiger partial charge in [0.15, 0.2) is 0 Å². The van der Waals surface area contributed by atoms with E-state index in [2.05, 4.69) is 0 Å². The Labute approximate surface area is 130 Å². The van der Waals surface area contributed by atoms with E-state index < -0.39 is 0 Å². The molecule has 0 bridgehead atoms. The second-order valence-corrected chi connectivity index (χ2v) is 5.19. The average molecular weight is 301 g/mol. The van der Waals surface area contributed by atoms with Gasteiger partial charge >= 0.3 is 0 Å². The Morgan fingerprint density at radius 1 is 1.14 bits per heavy atom. The maximum atomic E-state index is 12.9. The molecule has 2 aromatic rings. The Balaban J connectivity index is 1.90. The highest BCUT2D eigenvalue weighted by Gasteiger charge is 2.11. The molecule has 0 radical (unpaired) electrons. The Morgan fingerprint density at radius 3 is 2.50 bits per heavy atom. The van der Waals surface area contributed by atoms with E-state index in [1.807, 2.05) is 24.3 Å². The number of rotatable bonds is 6. The maximum absolute atomic E-state index is 12.9. The van der Waals surface area contributed by atoms with Gasteiger partial charge in [-0.2, -0.15) is 0 Å². The van der Waals surface area contributed by atoms with Gasteiger partial charge in [0.05, 0.1) is 7.11 Å². The second-order valence-electron chi connectivity index (χ2n) is 5.19. The van der Waals surface area contributed by atoms with E-state index in [0.717, 1.165) is 16.9 Å². The minimum atomic E-state index is -0.270. The van der Waals surface area contributed by atoms with Crippen LogP contribution < -0.4 is 4.74 Å². The number of nitrogens with zero attached hydrogens (tertiary/aromatic N) is 1. The van der Waals surface area contributed by atoms with Crippen molar-refractivity contribution < 1.29 is 13.9 Å². The van der Waals surface area contributed by atoms with Crippen LogP contribution in [0.2, 0.25) is 0 Å². The average Bonchev–Trinajstić information content (AvgIpc) is 2.54. The van der Waals surface area contributed by atoms with E-state index in [1.165, 1.54) is 12.1 Å². The number of aryl methyl sites for hydroxylation is 1. The highest BCUT2D eigenvalue weighted by molar-refractivity contribution is 5.76. The molecule has 3 nitrogen and oxygen atoms in total. The molecule has 116 valence electrons. The monoisotopic (exact) mass is 301 g/mol. The van der Waals surface area contributed by atoms with Gasteiger partial charge in [-0.1, -0.05) is 30.3 Å². The van der Waals surface area contributed by atoms with Gasteiger partial charge < -0.3 is 9.64 Å². The van der Waals surface area contributed by atoms with Crippen molar-refractivity contribution in [3.63, 3.8) is 0 Å². The minimum Gasteiger partial charge on any atom is -0.496 e. The fourth-order valence-corrected chi connectivity index (χ4v) is 2.29. The summed E-state index contributed by atoms with van der Waals surface area (Å²) in [4.78, 5) is 13.9. The summed E-state index contributed by atoms with van der Waals surface area (Å²) in [7, 11) is 3.38. The summed E-state index contributed by atoms with van der Waals surface area (Å²) >= 11 is 0. The Morgan fingerprint density at radius 2 is 1.82 bits per heavy atom. The molecule has 0 saturated heterocycles. The number of methoxy groups -OCH3 is 1. The van der Waals surface area contributed by atoms with Crippen LogP contribution in [0.25, 0.3) is 0 Å². The van der Waals surface area contributed by atoms with Gasteiger partial charge in [0.25, 0.3) is 0 Å². The number of ether oxygens (including phenoxy) is 1. The topological polar surface area (TPSA) is 29.5 Å². The van der Waals surface area contributed by atoms with E-state index >= 15 is 0 Å². The quantitative estimate of drug-likeness (QED) is 0.818. The van der Waals surface area contributed by atoms with Crippen LogP contribution in [0.15, 0.2) is 48.5 Å². The summed E-state index contributed by atoms with van der Waals surface area (Å²) in [6.45, 7) is 0.477. The third-order valence-corrected chi connectivity index (χ3v) is 3.56. The van der Waals surface area contributed by atoms with E-state index in [0.29, 0.717) is 19.4 Å². The molecule has 0 spiro atoms. The molecule has 0 aromatic heterocycles. The van der Waals surface area contributed by atoms with Crippen LogP contribution in [0.5, 0.6) is 5.75 Å². The third kappa shape index (κ3) is 4.32. The van der Waals surface area contributed by atoms with E-state index in [1.54, 1.807) is 31.2 Å². The molecule has 0 saturated carbocycles. The molecule has 0 aliphatic heterocycles. The first-order valence-electron chi connectivity index (χ1n) is 7.20. The van der Waals surface area contributed by atoms with E-state index in [-0.39, 0.29) is 11.7 Å². The number of carbonyl (C=O) groups is 1. The Bertz CT molecular complexity index is 625. The smallest absolute Gasteiger partial charge is 0.222 e. The molecule has 0 unspecified atom stereocenters. The fraction of sp³-hybridized carbons (Fsp3) is 0.278. The zero-order valence-corrected chi connectivity index (χ0v) is 12.9. The highest BCUT2D eigenvalue weighted by Crippen LogP contribution is 2.19. The molecule has 0 atom stereocenters. The van der Waals surface area contributed by atoms with Crippen molar-refractivity contribution in [1.82, 2.24) is 4.90 Å². The minimum absolute atomic E-state index is 0.0511. The molecule has 0 N–H and O–H groups in total. The first kappa shape index (κ1) is 16.0. The number of para-hydroxylation sites is 1. The lowest BCUT2D eigenvalue weighted by Gasteiger charge is -2.17. The standard InChI is InChI=1S/C18H20FNO2/c1-20(13-14-7-10-16(19)11-8-14)18(21)12-9-15-5-3-4-6-17(15)22-2/h3-8,10-11H,9,12-13H2,1-2H3. The third-order valence-electron chi connectivity index (χ3n) is 3.56. The molecule has 1 amide bonds. The van der Waals surface area contributed by atoms with Crippen LogP contribution in [0, 0.1) is 5.82 Å². The van der Waals surface area contributed by atoms with E-state index in [4.69, 9.17) is 4.74 Å². The van der Waals surface area contributed by atoms with Crippen LogP contribution in [0.4, 0.5) is 4.39 Å². The predicted molar refractivity (Wildman–Crippen MR) is 84.2 cm³/mol. The summed E-state index contributed by atoms with van der Waals surface area (Å²) in [6.07, 6.45) is 1.05. The number of carbonyl (C=O) groups excluding carboxylic acids is 1. The fourth-order valence-electron chi connectivity index (χ4n) is 2.29. The van der Waals surface area contributed by atoms with Gasteiger partial charge in [0.2, 0.25) is 5.91 Å². The molecular weight excluding hydrogens is 281 g/mol. The van der Waals surface area contributed by atoms with Crippen molar-refractivity contribution in [3.05, 3.63) is 65.5 Å². The number of hydrogen-bond acceptors (Lipinski definition) is 2. The van der Waals surface area contributed by atoms with Crippen molar-refractivity contribution in [3.8, 4) is 5.75 Å². The zero-order valence-electron chi connectivity index (χ0n) is 12.9.